The molecule has 1 aromatic carbocycles. The summed E-state index contributed by atoms with van der Waals surface area (Å²) in [5, 5.41) is 14.4. The lowest BCUT2D eigenvalue weighted by molar-refractivity contribution is -0.146. The van der Waals surface area contributed by atoms with E-state index in [-0.39, 0.29) is 12.3 Å². The number of aromatic nitrogens is 1. The van der Waals surface area contributed by atoms with Gasteiger partial charge in [0.25, 0.3) is 0 Å². The van der Waals surface area contributed by atoms with Crippen LogP contribution in [-0.4, -0.2) is 34.1 Å². The third-order valence-electron chi connectivity index (χ3n) is 3.90. The van der Waals surface area contributed by atoms with Crippen LogP contribution in [0.1, 0.15) is 32.9 Å². The highest BCUT2D eigenvalue weighted by Gasteiger charge is 2.32. The standard InChI is InChI=1S/C18H22N2O4S/c1-4-18(3,17(22)23)20-15(21)10-13-11-25-16(19-13)12-6-8-14(9-7-12)24-5-2/h6-9,11H,4-5,10H2,1-3H3,(H,20,21)(H,22,23). The van der Waals surface area contributed by atoms with Gasteiger partial charge in [0.2, 0.25) is 5.91 Å². The van der Waals surface area contributed by atoms with Gasteiger partial charge < -0.3 is 15.2 Å². The number of rotatable bonds is 8. The van der Waals surface area contributed by atoms with Gasteiger partial charge in [-0.1, -0.05) is 6.92 Å². The van der Waals surface area contributed by atoms with E-state index in [1.54, 1.807) is 6.92 Å². The molecule has 0 saturated carbocycles. The first kappa shape index (κ1) is 18.9. The van der Waals surface area contributed by atoms with Crippen LogP contribution in [0.2, 0.25) is 0 Å². The maximum atomic E-state index is 12.1. The number of nitrogens with one attached hydrogen (secondary N) is 1. The fourth-order valence-corrected chi connectivity index (χ4v) is 3.02. The Morgan fingerprint density at radius 1 is 1.28 bits per heavy atom. The van der Waals surface area contributed by atoms with E-state index in [0.29, 0.717) is 18.7 Å². The van der Waals surface area contributed by atoms with Gasteiger partial charge in [0.1, 0.15) is 16.3 Å². The normalized spacial score (nSPS) is 13.1. The SMILES string of the molecule is CCOc1ccc(-c2nc(CC(=O)NC(C)(CC)C(=O)O)cs2)cc1. The van der Waals surface area contributed by atoms with Crippen molar-refractivity contribution in [2.24, 2.45) is 0 Å². The van der Waals surface area contributed by atoms with Crippen LogP contribution in [0.15, 0.2) is 29.6 Å². The lowest BCUT2D eigenvalue weighted by Gasteiger charge is -2.24. The largest absolute Gasteiger partial charge is 0.494 e. The van der Waals surface area contributed by atoms with E-state index in [1.165, 1.54) is 18.3 Å². The minimum atomic E-state index is -1.26. The maximum absolute atomic E-state index is 12.1. The number of carboxylic acid groups (broad SMARTS) is 1. The molecular weight excluding hydrogens is 340 g/mol. The van der Waals surface area contributed by atoms with E-state index in [4.69, 9.17) is 4.74 Å². The second-order valence-corrected chi connectivity index (χ2v) is 6.68. The van der Waals surface area contributed by atoms with Crippen LogP contribution in [0.3, 0.4) is 0 Å². The van der Waals surface area contributed by atoms with Crippen LogP contribution in [0.25, 0.3) is 10.6 Å². The molecule has 0 aliphatic heterocycles. The van der Waals surface area contributed by atoms with E-state index < -0.39 is 11.5 Å². The van der Waals surface area contributed by atoms with Gasteiger partial charge in [-0.3, -0.25) is 4.79 Å². The van der Waals surface area contributed by atoms with Crippen LogP contribution < -0.4 is 10.1 Å². The average molecular weight is 362 g/mol. The number of carbonyl (C=O) groups is 2. The lowest BCUT2D eigenvalue weighted by atomic mass is 9.99. The number of carbonyl (C=O) groups excluding carboxylic acids is 1. The zero-order chi connectivity index (χ0) is 18.4. The Labute approximate surface area is 150 Å². The van der Waals surface area contributed by atoms with Gasteiger partial charge in [-0.15, -0.1) is 11.3 Å². The molecule has 0 radical (unpaired) electrons. The van der Waals surface area contributed by atoms with Crippen molar-refractivity contribution in [3.8, 4) is 16.3 Å². The molecular formula is C18H22N2O4S. The Balaban J connectivity index is 2.03. The highest BCUT2D eigenvalue weighted by Crippen LogP contribution is 2.26. The molecule has 6 nitrogen and oxygen atoms in total. The molecule has 2 N–H and O–H groups in total. The van der Waals surface area contributed by atoms with Gasteiger partial charge in [0.05, 0.1) is 18.7 Å². The highest BCUT2D eigenvalue weighted by atomic mass is 32.1. The van der Waals surface area contributed by atoms with E-state index in [9.17, 15) is 14.7 Å². The second kappa shape index (κ2) is 8.11. The minimum absolute atomic E-state index is 0.0520. The topological polar surface area (TPSA) is 88.5 Å². The van der Waals surface area contributed by atoms with E-state index in [0.717, 1.165) is 16.3 Å². The van der Waals surface area contributed by atoms with Crippen LogP contribution in [0.4, 0.5) is 0 Å². The Bertz CT molecular complexity index is 742. The summed E-state index contributed by atoms with van der Waals surface area (Å²) in [6, 6.07) is 7.61. The predicted molar refractivity (Wildman–Crippen MR) is 96.9 cm³/mol. The Morgan fingerprint density at radius 2 is 1.96 bits per heavy atom. The van der Waals surface area contributed by atoms with Crippen molar-refractivity contribution in [1.29, 1.82) is 0 Å². The van der Waals surface area contributed by atoms with Crippen molar-refractivity contribution in [1.82, 2.24) is 10.3 Å². The smallest absolute Gasteiger partial charge is 0.329 e. The maximum Gasteiger partial charge on any atom is 0.329 e. The molecule has 25 heavy (non-hydrogen) atoms. The molecule has 1 unspecified atom stereocenters. The number of thiazole rings is 1. The molecule has 0 aliphatic rings. The third-order valence-corrected chi connectivity index (χ3v) is 4.84. The number of benzene rings is 1. The molecule has 2 rings (SSSR count). The number of amides is 1. The quantitative estimate of drug-likeness (QED) is 0.753. The first-order valence-electron chi connectivity index (χ1n) is 8.10. The summed E-state index contributed by atoms with van der Waals surface area (Å²) in [5.41, 5.74) is 0.310. The highest BCUT2D eigenvalue weighted by molar-refractivity contribution is 7.13. The van der Waals surface area contributed by atoms with E-state index >= 15 is 0 Å². The van der Waals surface area contributed by atoms with Crippen molar-refractivity contribution >= 4 is 23.2 Å². The first-order valence-corrected chi connectivity index (χ1v) is 8.98. The van der Waals surface area contributed by atoms with Crippen molar-refractivity contribution < 1.29 is 19.4 Å². The summed E-state index contributed by atoms with van der Waals surface area (Å²) in [6.07, 6.45) is 0.360. The second-order valence-electron chi connectivity index (χ2n) is 5.82. The molecule has 2 aromatic rings. The van der Waals surface area contributed by atoms with Gasteiger partial charge in [0.15, 0.2) is 0 Å². The van der Waals surface area contributed by atoms with Crippen molar-refractivity contribution in [2.45, 2.75) is 39.2 Å². The van der Waals surface area contributed by atoms with Crippen molar-refractivity contribution in [2.75, 3.05) is 6.61 Å². The average Bonchev–Trinajstić information content (AvgIpc) is 3.03. The Kier molecular flexibility index (Phi) is 6.14. The Morgan fingerprint density at radius 3 is 2.52 bits per heavy atom. The number of carboxylic acids is 1. The lowest BCUT2D eigenvalue weighted by Crippen LogP contribution is -2.52. The van der Waals surface area contributed by atoms with Crippen LogP contribution >= 0.6 is 11.3 Å². The van der Waals surface area contributed by atoms with Gasteiger partial charge in [0, 0.05) is 10.9 Å². The number of aliphatic carboxylic acids is 1. The monoisotopic (exact) mass is 362 g/mol. The van der Waals surface area contributed by atoms with Gasteiger partial charge in [-0.05, 0) is 44.5 Å². The van der Waals surface area contributed by atoms with Gasteiger partial charge in [-0.2, -0.15) is 0 Å². The third kappa shape index (κ3) is 4.79. The number of hydrogen-bond acceptors (Lipinski definition) is 5. The van der Waals surface area contributed by atoms with Crippen molar-refractivity contribution in [3.05, 3.63) is 35.3 Å². The molecule has 1 heterocycles. The zero-order valence-electron chi connectivity index (χ0n) is 14.5. The van der Waals surface area contributed by atoms with E-state index in [1.807, 2.05) is 36.6 Å². The molecule has 7 heteroatoms. The number of hydrogen-bond donors (Lipinski definition) is 2. The molecule has 0 bridgehead atoms. The van der Waals surface area contributed by atoms with Crippen LogP contribution in [0, 0.1) is 0 Å². The number of ether oxygens (including phenoxy) is 1. The number of nitrogens with zero attached hydrogens (tertiary/aromatic N) is 1. The van der Waals surface area contributed by atoms with Crippen molar-refractivity contribution in [3.63, 3.8) is 0 Å². The molecule has 0 spiro atoms. The predicted octanol–water partition coefficient (Wildman–Crippen LogP) is 3.12. The fourth-order valence-electron chi connectivity index (χ4n) is 2.19. The molecule has 1 atom stereocenters. The molecule has 1 aromatic heterocycles. The first-order chi connectivity index (χ1) is 11.9. The molecule has 0 aliphatic carbocycles. The Hall–Kier alpha value is -2.41. The van der Waals surface area contributed by atoms with E-state index in [2.05, 4.69) is 10.3 Å². The summed E-state index contributed by atoms with van der Waals surface area (Å²) in [7, 11) is 0. The van der Waals surface area contributed by atoms with Crippen LogP contribution in [0.5, 0.6) is 5.75 Å². The van der Waals surface area contributed by atoms with Gasteiger partial charge in [-0.25, -0.2) is 9.78 Å². The van der Waals surface area contributed by atoms with Crippen LogP contribution in [-0.2, 0) is 16.0 Å². The summed E-state index contributed by atoms with van der Waals surface area (Å²) < 4.78 is 5.41. The summed E-state index contributed by atoms with van der Waals surface area (Å²) in [5.74, 6) is -0.595. The minimum Gasteiger partial charge on any atom is -0.494 e. The van der Waals surface area contributed by atoms with Gasteiger partial charge >= 0.3 is 5.97 Å². The summed E-state index contributed by atoms with van der Waals surface area (Å²) in [4.78, 5) is 27.9. The molecule has 134 valence electrons. The summed E-state index contributed by atoms with van der Waals surface area (Å²) >= 11 is 1.45. The molecule has 1 amide bonds. The zero-order valence-corrected chi connectivity index (χ0v) is 15.4. The summed E-state index contributed by atoms with van der Waals surface area (Å²) in [6.45, 7) is 5.77. The molecule has 0 fully saturated rings. The fraction of sp³-hybridized carbons (Fsp3) is 0.389. The molecule has 0 saturated heterocycles.